The molecule has 1 fully saturated rings. The molecule has 0 saturated carbocycles. The molecule has 0 spiro atoms. The molecule has 1 aromatic rings. The van der Waals surface area contributed by atoms with Gasteiger partial charge in [0.1, 0.15) is 0 Å². The fourth-order valence-corrected chi connectivity index (χ4v) is 2.29. The molecule has 1 aromatic carbocycles. The third-order valence-electron chi connectivity index (χ3n) is 3.59. The molecule has 0 bridgehead atoms. The standard InChI is InChI=1S/C15H15F4N3O/c1-2-3-21-4-6-22(7-5-21)15(23)20-9-10-13(18)11(16)8-12(17)14(10)19/h1,8H,3-7,9H2,(H,20,23). The molecule has 0 aliphatic carbocycles. The van der Waals surface area contributed by atoms with E-state index in [1.807, 2.05) is 4.90 Å². The molecule has 1 aliphatic heterocycles. The summed E-state index contributed by atoms with van der Waals surface area (Å²) in [5.41, 5.74) is -0.846. The summed E-state index contributed by atoms with van der Waals surface area (Å²) in [6.45, 7) is 1.79. The number of hydrogen-bond donors (Lipinski definition) is 1. The Labute approximate surface area is 131 Å². The molecule has 0 radical (unpaired) electrons. The Bertz CT molecular complexity index is 610. The smallest absolute Gasteiger partial charge is 0.317 e. The molecule has 1 heterocycles. The SMILES string of the molecule is C#CCN1CCN(C(=O)NCc2c(F)c(F)cc(F)c2F)CC1. The van der Waals surface area contributed by atoms with Crippen LogP contribution in [0.1, 0.15) is 5.56 Å². The third-order valence-corrected chi connectivity index (χ3v) is 3.59. The van der Waals surface area contributed by atoms with Gasteiger partial charge in [0, 0.05) is 37.8 Å². The van der Waals surface area contributed by atoms with Crippen molar-refractivity contribution >= 4 is 6.03 Å². The Morgan fingerprint density at radius 2 is 1.70 bits per heavy atom. The molecule has 0 atom stereocenters. The Hall–Kier alpha value is -2.27. The highest BCUT2D eigenvalue weighted by atomic mass is 19.2. The van der Waals surface area contributed by atoms with Crippen molar-refractivity contribution in [3.8, 4) is 12.3 Å². The number of hydrogen-bond acceptors (Lipinski definition) is 2. The summed E-state index contributed by atoms with van der Waals surface area (Å²) in [6.07, 6.45) is 5.20. The van der Waals surface area contributed by atoms with Crippen LogP contribution in [0.4, 0.5) is 22.4 Å². The number of piperazine rings is 1. The van der Waals surface area contributed by atoms with Crippen LogP contribution in [0.3, 0.4) is 0 Å². The van der Waals surface area contributed by atoms with E-state index in [-0.39, 0.29) is 6.07 Å². The Morgan fingerprint density at radius 1 is 1.13 bits per heavy atom. The van der Waals surface area contributed by atoms with Crippen LogP contribution in [0.15, 0.2) is 6.07 Å². The highest BCUT2D eigenvalue weighted by Gasteiger charge is 2.23. The maximum Gasteiger partial charge on any atom is 0.317 e. The van der Waals surface area contributed by atoms with Crippen LogP contribution >= 0.6 is 0 Å². The third kappa shape index (κ3) is 3.93. The summed E-state index contributed by atoms with van der Waals surface area (Å²) in [7, 11) is 0. The molecule has 2 amide bonds. The first-order chi connectivity index (χ1) is 10.9. The van der Waals surface area contributed by atoms with Gasteiger partial charge in [-0.2, -0.15) is 0 Å². The average Bonchev–Trinajstić information content (AvgIpc) is 2.54. The molecule has 2 rings (SSSR count). The lowest BCUT2D eigenvalue weighted by atomic mass is 10.2. The molecule has 4 nitrogen and oxygen atoms in total. The van der Waals surface area contributed by atoms with Gasteiger partial charge in [-0.1, -0.05) is 5.92 Å². The number of carbonyl (C=O) groups excluding carboxylic acids is 1. The maximum atomic E-state index is 13.5. The minimum atomic E-state index is -1.51. The minimum Gasteiger partial charge on any atom is -0.334 e. The second-order valence-electron chi connectivity index (χ2n) is 5.07. The van der Waals surface area contributed by atoms with E-state index >= 15 is 0 Å². The van der Waals surface area contributed by atoms with Crippen LogP contribution in [0, 0.1) is 35.6 Å². The summed E-state index contributed by atoms with van der Waals surface area (Å²) in [4.78, 5) is 15.4. The van der Waals surface area contributed by atoms with Gasteiger partial charge in [-0.25, -0.2) is 22.4 Å². The number of terminal acetylenes is 1. The Morgan fingerprint density at radius 3 is 2.22 bits per heavy atom. The van der Waals surface area contributed by atoms with E-state index in [0.29, 0.717) is 32.7 Å². The van der Waals surface area contributed by atoms with Gasteiger partial charge in [-0.3, -0.25) is 4.90 Å². The summed E-state index contributed by atoms with van der Waals surface area (Å²) < 4.78 is 53.2. The number of benzene rings is 1. The van der Waals surface area contributed by atoms with Gasteiger partial charge in [0.05, 0.1) is 13.1 Å². The van der Waals surface area contributed by atoms with Crippen LogP contribution in [0.5, 0.6) is 0 Å². The van der Waals surface area contributed by atoms with Crippen LogP contribution < -0.4 is 5.32 Å². The molecule has 124 valence electrons. The monoisotopic (exact) mass is 329 g/mol. The lowest BCUT2D eigenvalue weighted by molar-refractivity contribution is 0.147. The van der Waals surface area contributed by atoms with Crippen LogP contribution in [0.2, 0.25) is 0 Å². The lowest BCUT2D eigenvalue weighted by Crippen LogP contribution is -2.51. The summed E-state index contributed by atoms with van der Waals surface area (Å²) in [6, 6.07) is -0.436. The first-order valence-corrected chi connectivity index (χ1v) is 6.94. The first-order valence-electron chi connectivity index (χ1n) is 6.94. The molecular formula is C15H15F4N3O. The zero-order chi connectivity index (χ0) is 17.0. The quantitative estimate of drug-likeness (QED) is 0.521. The van der Waals surface area contributed by atoms with Crippen molar-refractivity contribution in [1.82, 2.24) is 15.1 Å². The highest BCUT2D eigenvalue weighted by Crippen LogP contribution is 2.19. The molecule has 0 unspecified atom stereocenters. The number of nitrogens with zero attached hydrogens (tertiary/aromatic N) is 2. The zero-order valence-electron chi connectivity index (χ0n) is 12.2. The molecule has 23 heavy (non-hydrogen) atoms. The fourth-order valence-electron chi connectivity index (χ4n) is 2.29. The van der Waals surface area contributed by atoms with Crippen molar-refractivity contribution in [2.75, 3.05) is 32.7 Å². The minimum absolute atomic E-state index is 0.126. The topological polar surface area (TPSA) is 35.6 Å². The van der Waals surface area contributed by atoms with E-state index in [1.54, 1.807) is 0 Å². The van der Waals surface area contributed by atoms with Crippen LogP contribution in [0.25, 0.3) is 0 Å². The van der Waals surface area contributed by atoms with Crippen LogP contribution in [-0.2, 0) is 6.54 Å². The molecule has 1 aliphatic rings. The second-order valence-corrected chi connectivity index (χ2v) is 5.07. The van der Waals surface area contributed by atoms with Crippen molar-refractivity contribution < 1.29 is 22.4 Å². The van der Waals surface area contributed by atoms with E-state index in [4.69, 9.17) is 6.42 Å². The van der Waals surface area contributed by atoms with Crippen molar-refractivity contribution in [2.24, 2.45) is 0 Å². The molecule has 1 N–H and O–H groups in total. The summed E-state index contributed by atoms with van der Waals surface area (Å²) in [5, 5.41) is 2.27. The van der Waals surface area contributed by atoms with E-state index in [1.165, 1.54) is 4.90 Å². The Balaban J connectivity index is 1.95. The number of halogens is 4. The van der Waals surface area contributed by atoms with Gasteiger partial charge in [0.15, 0.2) is 23.3 Å². The number of urea groups is 1. The zero-order valence-corrected chi connectivity index (χ0v) is 12.2. The first kappa shape index (κ1) is 17.1. The maximum absolute atomic E-state index is 13.5. The highest BCUT2D eigenvalue weighted by molar-refractivity contribution is 5.74. The van der Waals surface area contributed by atoms with Gasteiger partial charge in [-0.05, 0) is 0 Å². The van der Waals surface area contributed by atoms with E-state index in [9.17, 15) is 22.4 Å². The van der Waals surface area contributed by atoms with Gasteiger partial charge in [0.2, 0.25) is 0 Å². The summed E-state index contributed by atoms with van der Waals surface area (Å²) >= 11 is 0. The van der Waals surface area contributed by atoms with Crippen molar-refractivity contribution in [3.63, 3.8) is 0 Å². The van der Waals surface area contributed by atoms with Crippen LogP contribution in [-0.4, -0.2) is 48.6 Å². The molecular weight excluding hydrogens is 314 g/mol. The summed E-state index contributed by atoms with van der Waals surface area (Å²) in [5.74, 6) is -3.53. The fraction of sp³-hybridized carbons (Fsp3) is 0.400. The van der Waals surface area contributed by atoms with Gasteiger partial charge in [0.25, 0.3) is 0 Å². The Kier molecular flexibility index (Phi) is 5.45. The van der Waals surface area contributed by atoms with Crippen molar-refractivity contribution in [2.45, 2.75) is 6.54 Å². The van der Waals surface area contributed by atoms with Crippen molar-refractivity contribution in [3.05, 3.63) is 34.9 Å². The molecule has 0 aromatic heterocycles. The number of rotatable bonds is 3. The number of nitrogens with one attached hydrogen (secondary N) is 1. The van der Waals surface area contributed by atoms with Gasteiger partial charge in [-0.15, -0.1) is 6.42 Å². The largest absolute Gasteiger partial charge is 0.334 e. The molecule has 1 saturated heterocycles. The van der Waals surface area contributed by atoms with Gasteiger partial charge >= 0.3 is 6.03 Å². The number of amides is 2. The van der Waals surface area contributed by atoms with Crippen molar-refractivity contribution in [1.29, 1.82) is 0 Å². The van der Waals surface area contributed by atoms with E-state index in [0.717, 1.165) is 0 Å². The number of carbonyl (C=O) groups is 1. The predicted octanol–water partition coefficient (Wildman–Crippen LogP) is 1.70. The predicted molar refractivity (Wildman–Crippen MR) is 75.4 cm³/mol. The average molecular weight is 329 g/mol. The normalized spacial score (nSPS) is 15.3. The van der Waals surface area contributed by atoms with E-state index < -0.39 is 41.4 Å². The lowest BCUT2D eigenvalue weighted by Gasteiger charge is -2.33. The van der Waals surface area contributed by atoms with Gasteiger partial charge < -0.3 is 10.2 Å². The van der Waals surface area contributed by atoms with E-state index in [2.05, 4.69) is 11.2 Å². The second kappa shape index (κ2) is 7.33. The molecule has 8 heteroatoms.